The van der Waals surface area contributed by atoms with Gasteiger partial charge in [-0.25, -0.2) is 13.8 Å². The van der Waals surface area contributed by atoms with E-state index in [9.17, 15) is 37.9 Å². The second-order valence-electron chi connectivity index (χ2n) is 16.2. The Bertz CT molecular complexity index is 2010. The van der Waals surface area contributed by atoms with Gasteiger partial charge in [0.1, 0.15) is 35.1 Å². The summed E-state index contributed by atoms with van der Waals surface area (Å²) >= 11 is 1.69. The van der Waals surface area contributed by atoms with Crippen LogP contribution >= 0.6 is 11.8 Å². The van der Waals surface area contributed by atoms with Crippen molar-refractivity contribution in [2.45, 2.75) is 111 Å². The minimum absolute atomic E-state index is 0.0466. The number of nitrogens with two attached hydrogens (primary N) is 1. The topological polar surface area (TPSA) is 224 Å². The first kappa shape index (κ1) is 55.6. The Morgan fingerprint density at radius 3 is 2.37 bits per heavy atom. The van der Waals surface area contributed by atoms with Gasteiger partial charge >= 0.3 is 5.97 Å². The minimum Gasteiger partial charge on any atom is -0.493 e. The highest BCUT2D eigenvalue weighted by molar-refractivity contribution is 7.97. The van der Waals surface area contributed by atoms with Crippen LogP contribution in [0.25, 0.3) is 11.1 Å². The number of aliphatic carboxylic acids is 1. The number of carboxylic acids is 1. The Kier molecular flexibility index (Phi) is 24.9. The number of nitrogens with zero attached hydrogens (tertiary/aromatic N) is 3. The van der Waals surface area contributed by atoms with E-state index in [1.165, 1.54) is 24.6 Å². The zero-order valence-corrected chi connectivity index (χ0v) is 39.7. The molecule has 16 nitrogen and oxygen atoms in total. The quantitative estimate of drug-likeness (QED) is 0.0817. The number of pyridine rings is 2. The Morgan fingerprint density at radius 2 is 1.72 bits per heavy atom. The third-order valence-corrected chi connectivity index (χ3v) is 9.69. The molecule has 1 unspecified atom stereocenters. The largest absolute Gasteiger partial charge is 0.493 e. The van der Waals surface area contributed by atoms with Crippen LogP contribution in [0.1, 0.15) is 99.0 Å². The van der Waals surface area contributed by atoms with Crippen LogP contribution in [-0.2, 0) is 34.5 Å². The molecule has 0 fully saturated rings. The molecule has 0 saturated heterocycles. The summed E-state index contributed by atoms with van der Waals surface area (Å²) in [4.78, 5) is 69.3. The average molecular weight is 932 g/mol. The van der Waals surface area contributed by atoms with Crippen molar-refractivity contribution in [3.63, 3.8) is 0 Å². The number of carboxylic acid groups (broad SMARTS) is 1. The van der Waals surface area contributed by atoms with Gasteiger partial charge < -0.3 is 45.9 Å². The summed E-state index contributed by atoms with van der Waals surface area (Å²) in [5.74, 6) is -1.71. The van der Waals surface area contributed by atoms with E-state index in [0.29, 0.717) is 68.1 Å². The normalized spacial score (nSPS) is 12.4. The Labute approximate surface area is 385 Å². The van der Waals surface area contributed by atoms with Gasteiger partial charge in [-0.3, -0.25) is 24.0 Å². The van der Waals surface area contributed by atoms with E-state index in [2.05, 4.69) is 53.6 Å². The molecule has 6 N–H and O–H groups in total. The highest BCUT2D eigenvalue weighted by Crippen LogP contribution is 2.34. The predicted octanol–water partition coefficient (Wildman–Crippen LogP) is 7.01. The maximum atomic E-state index is 14.6. The second-order valence-corrected chi connectivity index (χ2v) is 17.1. The highest BCUT2D eigenvalue weighted by Gasteiger charge is 2.30. The first-order valence-corrected chi connectivity index (χ1v) is 23.2. The average Bonchev–Trinajstić information content (AvgIpc) is 3.22. The molecule has 4 bridgehead atoms. The number of halogens is 2. The third kappa shape index (κ3) is 21.8. The molecule has 0 aliphatic carbocycles. The van der Waals surface area contributed by atoms with Crippen LogP contribution in [0.3, 0.4) is 0 Å². The predicted molar refractivity (Wildman–Crippen MR) is 248 cm³/mol. The fourth-order valence-corrected chi connectivity index (χ4v) is 6.42. The van der Waals surface area contributed by atoms with Gasteiger partial charge in [-0.2, -0.15) is 16.7 Å². The molecule has 4 amide bonds. The highest BCUT2D eigenvalue weighted by atomic mass is 32.2. The number of ether oxygens (including phenoxy) is 3. The van der Waals surface area contributed by atoms with E-state index >= 15 is 0 Å². The van der Waals surface area contributed by atoms with E-state index in [4.69, 9.17) is 19.9 Å². The number of hydrogen-bond donors (Lipinski definition) is 5. The summed E-state index contributed by atoms with van der Waals surface area (Å²) in [6.07, 6.45) is 6.17. The number of hydrogen-bond acceptors (Lipinski definition) is 12. The number of benzene rings is 1. The van der Waals surface area contributed by atoms with Gasteiger partial charge in [0, 0.05) is 55.0 Å². The molecule has 360 valence electrons. The lowest BCUT2D eigenvalue weighted by Gasteiger charge is -2.28. The van der Waals surface area contributed by atoms with E-state index in [0.717, 1.165) is 28.8 Å². The molecule has 2 aromatic heterocycles. The van der Waals surface area contributed by atoms with Crippen molar-refractivity contribution >= 4 is 53.0 Å². The lowest BCUT2D eigenvalue weighted by Crippen LogP contribution is -2.52. The van der Waals surface area contributed by atoms with Crippen molar-refractivity contribution in [1.29, 1.82) is 0 Å². The van der Waals surface area contributed by atoms with Crippen molar-refractivity contribution in [3.8, 4) is 22.8 Å². The maximum absolute atomic E-state index is 14.6. The van der Waals surface area contributed by atoms with E-state index in [1.807, 2.05) is 32.2 Å². The fourth-order valence-electron chi connectivity index (χ4n) is 5.92. The van der Waals surface area contributed by atoms with Crippen LogP contribution < -0.4 is 31.2 Å². The van der Waals surface area contributed by atoms with Crippen LogP contribution in [0.15, 0.2) is 42.6 Å². The Hall–Kier alpha value is -5.56. The van der Waals surface area contributed by atoms with Gasteiger partial charge in [0.2, 0.25) is 29.5 Å². The molecular weight excluding hydrogens is 865 g/mol. The molecule has 3 aromatic rings. The lowest BCUT2D eigenvalue weighted by atomic mass is 10.0. The molecule has 0 saturated carbocycles. The summed E-state index contributed by atoms with van der Waals surface area (Å²) in [6, 6.07) is 8.08. The zero-order chi connectivity index (χ0) is 48.5. The molecule has 0 spiro atoms. The number of fused-ring (bicyclic) bond motifs is 6. The van der Waals surface area contributed by atoms with Gasteiger partial charge in [-0.1, -0.05) is 41.0 Å². The number of anilines is 2. The molecule has 19 heteroatoms. The zero-order valence-electron chi connectivity index (χ0n) is 38.9. The SMILES string of the molecule is CCC.CCCN(CC(=O)NCC(N)=O)C(=O)C(CC(=O)O)NC(=O)CCC(C)(C)OCCC(C)C.CSCc1cc2nc(c1)OCCCOc1cc(F)ccc1-c1cc(ncc1F)N2. The molecule has 3 heterocycles. The number of carbonyl (C=O) groups excluding carboxylic acids is 4. The van der Waals surface area contributed by atoms with Crippen LogP contribution in [-0.4, -0.2) is 107 Å². The van der Waals surface area contributed by atoms with E-state index in [1.54, 1.807) is 24.8 Å². The van der Waals surface area contributed by atoms with Gasteiger partial charge in [0.25, 0.3) is 0 Å². The smallest absolute Gasteiger partial charge is 0.305 e. The second kappa shape index (κ2) is 29.1. The summed E-state index contributed by atoms with van der Waals surface area (Å²) in [5.41, 5.74) is 6.22. The van der Waals surface area contributed by atoms with Gasteiger partial charge in [0.05, 0.1) is 44.5 Å². The van der Waals surface area contributed by atoms with Crippen LogP contribution in [0, 0.1) is 17.6 Å². The van der Waals surface area contributed by atoms with Gasteiger partial charge in [0.15, 0.2) is 0 Å². The van der Waals surface area contributed by atoms with E-state index < -0.39 is 59.3 Å². The van der Waals surface area contributed by atoms with Crippen molar-refractivity contribution in [3.05, 3.63) is 59.8 Å². The van der Waals surface area contributed by atoms with Crippen molar-refractivity contribution in [2.24, 2.45) is 11.7 Å². The summed E-state index contributed by atoms with van der Waals surface area (Å²) < 4.78 is 45.6. The summed E-state index contributed by atoms with van der Waals surface area (Å²) in [7, 11) is 0. The first-order valence-electron chi connectivity index (χ1n) is 21.8. The number of rotatable bonds is 19. The van der Waals surface area contributed by atoms with Crippen molar-refractivity contribution < 1.29 is 52.1 Å². The number of primary amides is 1. The maximum Gasteiger partial charge on any atom is 0.305 e. The number of amides is 4. The molecule has 1 aliphatic heterocycles. The minimum atomic E-state index is -1.32. The molecule has 4 rings (SSSR count). The lowest BCUT2D eigenvalue weighted by molar-refractivity contribution is -0.145. The van der Waals surface area contributed by atoms with E-state index in [-0.39, 0.29) is 37.4 Å². The number of nitrogens with one attached hydrogen (secondary N) is 3. The summed E-state index contributed by atoms with van der Waals surface area (Å²) in [6.45, 7) is 14.6. The first-order chi connectivity index (χ1) is 30.8. The number of thioether (sulfide) groups is 1. The van der Waals surface area contributed by atoms with Crippen LogP contribution in [0.4, 0.5) is 20.4 Å². The molecule has 65 heavy (non-hydrogen) atoms. The van der Waals surface area contributed by atoms with Gasteiger partial charge in [-0.15, -0.1) is 0 Å². The fraction of sp³-hybridized carbons (Fsp3) is 0.543. The standard InChI is InChI=1S/C22H40N4O7.C21H19F2N3O2S.C3H8/c1-6-10-26(14-19(29)24-13-17(23)27)21(32)16(12-20(30)31)25-18(28)7-9-22(4,5)33-11-8-15(2)3;1-29-12-13-7-20-25-19-10-16(17(23)11-24-19)15-4-3-14(22)9-18(15)27-5-2-6-28-21(8-13)26-20;1-3-2/h15-16H,6-14H2,1-5H3,(H2,23,27)(H,24,29)(H,25,28)(H,30,31);3-4,7-11H,2,5-6,12H2,1H3,(H,24,25,26);3H2,1-2H3. The molecular formula is C46H67F2N7O9S. The van der Waals surface area contributed by atoms with Gasteiger partial charge in [-0.05, 0) is 75.1 Å². The molecule has 1 aromatic carbocycles. The Balaban J connectivity index is 0.000000423. The van der Waals surface area contributed by atoms with Crippen LogP contribution in [0.5, 0.6) is 11.6 Å². The number of aromatic nitrogens is 2. The third-order valence-electron chi connectivity index (χ3n) is 9.07. The summed E-state index contributed by atoms with van der Waals surface area (Å²) in [5, 5.41) is 17.1. The molecule has 0 radical (unpaired) electrons. The molecule has 1 atom stereocenters. The molecule has 1 aliphatic rings. The van der Waals surface area contributed by atoms with Crippen LogP contribution in [0.2, 0.25) is 0 Å². The Morgan fingerprint density at radius 1 is 1.02 bits per heavy atom. The van der Waals surface area contributed by atoms with Crippen molar-refractivity contribution in [1.82, 2.24) is 25.5 Å². The monoisotopic (exact) mass is 931 g/mol. The number of carbonyl (C=O) groups is 5. The van der Waals surface area contributed by atoms with Crippen molar-refractivity contribution in [2.75, 3.05) is 51.0 Å².